The monoisotopic (exact) mass is 280 g/mol. The summed E-state index contributed by atoms with van der Waals surface area (Å²) in [5.74, 6) is -2.69. The normalized spacial score (nSPS) is 11.4. The molecule has 0 saturated heterocycles. The molecule has 0 heterocycles. The number of aliphatic carboxylic acids is 2. The van der Waals surface area contributed by atoms with Crippen molar-refractivity contribution in [3.05, 3.63) is 35.4 Å². The van der Waals surface area contributed by atoms with Crippen molar-refractivity contribution in [3.8, 4) is 0 Å². The molecule has 0 saturated carbocycles. The number of carbonyl (C=O) groups excluding carboxylic acids is 1. The highest BCUT2D eigenvalue weighted by Gasteiger charge is 2.22. The van der Waals surface area contributed by atoms with Crippen molar-refractivity contribution in [3.63, 3.8) is 0 Å². The minimum absolute atomic E-state index is 0.234. The van der Waals surface area contributed by atoms with Crippen molar-refractivity contribution < 1.29 is 24.6 Å². The maximum atomic E-state index is 11.5. The molecule has 108 valence electrons. The number of urea groups is 1. The van der Waals surface area contributed by atoms with Crippen LogP contribution in [0, 0.1) is 6.92 Å². The molecular weight excluding hydrogens is 264 g/mol. The van der Waals surface area contributed by atoms with E-state index in [0.717, 1.165) is 11.1 Å². The van der Waals surface area contributed by atoms with Crippen molar-refractivity contribution in [2.75, 3.05) is 0 Å². The fraction of sp³-hybridized carbons (Fsp3) is 0.308. The van der Waals surface area contributed by atoms with Crippen LogP contribution in [-0.4, -0.2) is 34.2 Å². The van der Waals surface area contributed by atoms with Crippen LogP contribution >= 0.6 is 0 Å². The Labute approximate surface area is 115 Å². The quantitative estimate of drug-likeness (QED) is 0.613. The first-order chi connectivity index (χ1) is 9.40. The van der Waals surface area contributed by atoms with Gasteiger partial charge >= 0.3 is 18.0 Å². The number of amides is 2. The van der Waals surface area contributed by atoms with Crippen LogP contribution in [0.4, 0.5) is 4.79 Å². The molecule has 0 aromatic heterocycles. The van der Waals surface area contributed by atoms with Gasteiger partial charge in [-0.2, -0.15) is 0 Å². The lowest BCUT2D eigenvalue weighted by Crippen LogP contribution is -2.46. The van der Waals surface area contributed by atoms with Crippen LogP contribution < -0.4 is 10.6 Å². The Morgan fingerprint density at radius 1 is 1.20 bits per heavy atom. The van der Waals surface area contributed by atoms with E-state index in [0.29, 0.717) is 0 Å². The number of hydrogen-bond donors (Lipinski definition) is 4. The molecule has 1 rings (SSSR count). The third-order valence-corrected chi connectivity index (χ3v) is 2.68. The largest absolute Gasteiger partial charge is 0.481 e. The zero-order valence-corrected chi connectivity index (χ0v) is 10.9. The van der Waals surface area contributed by atoms with Crippen LogP contribution in [0.1, 0.15) is 17.5 Å². The molecule has 0 bridgehead atoms. The Kier molecular flexibility index (Phi) is 5.52. The minimum Gasteiger partial charge on any atom is -0.481 e. The highest BCUT2D eigenvalue weighted by atomic mass is 16.4. The van der Waals surface area contributed by atoms with Crippen molar-refractivity contribution in [2.24, 2.45) is 0 Å². The molecule has 0 fully saturated rings. The van der Waals surface area contributed by atoms with Gasteiger partial charge in [-0.15, -0.1) is 0 Å². The minimum atomic E-state index is -1.45. The van der Waals surface area contributed by atoms with Crippen LogP contribution in [0.25, 0.3) is 0 Å². The zero-order valence-electron chi connectivity index (χ0n) is 10.9. The average molecular weight is 280 g/mol. The van der Waals surface area contributed by atoms with Gasteiger partial charge in [-0.05, 0) is 18.1 Å². The van der Waals surface area contributed by atoms with E-state index in [1.54, 1.807) is 0 Å². The molecule has 2 amide bonds. The Bertz CT molecular complexity index is 515. The molecule has 0 spiro atoms. The number of carbonyl (C=O) groups is 3. The van der Waals surface area contributed by atoms with E-state index in [2.05, 4.69) is 10.6 Å². The SMILES string of the molecule is Cc1ccccc1CNC(=O)N[C@@H](CC(=O)O)C(=O)O. The van der Waals surface area contributed by atoms with E-state index in [1.807, 2.05) is 31.2 Å². The summed E-state index contributed by atoms with van der Waals surface area (Å²) in [6.45, 7) is 2.12. The van der Waals surface area contributed by atoms with Crippen LogP contribution in [0.15, 0.2) is 24.3 Å². The average Bonchev–Trinajstić information content (AvgIpc) is 2.36. The van der Waals surface area contributed by atoms with E-state index in [1.165, 1.54) is 0 Å². The first kappa shape index (κ1) is 15.5. The maximum Gasteiger partial charge on any atom is 0.326 e. The topological polar surface area (TPSA) is 116 Å². The first-order valence-corrected chi connectivity index (χ1v) is 5.93. The number of hydrogen-bond acceptors (Lipinski definition) is 3. The standard InChI is InChI=1S/C13H16N2O5/c1-8-4-2-3-5-9(8)7-14-13(20)15-10(12(18)19)6-11(16)17/h2-5,10H,6-7H2,1H3,(H,16,17)(H,18,19)(H2,14,15,20)/t10-/m0/s1. The fourth-order valence-electron chi connectivity index (χ4n) is 1.57. The highest BCUT2D eigenvalue weighted by molar-refractivity contribution is 5.86. The van der Waals surface area contributed by atoms with Crippen molar-refractivity contribution in [2.45, 2.75) is 25.9 Å². The first-order valence-electron chi connectivity index (χ1n) is 5.93. The Hall–Kier alpha value is -2.57. The van der Waals surface area contributed by atoms with Gasteiger partial charge in [0.2, 0.25) is 0 Å². The van der Waals surface area contributed by atoms with Gasteiger partial charge in [-0.3, -0.25) is 4.79 Å². The smallest absolute Gasteiger partial charge is 0.326 e. The molecule has 20 heavy (non-hydrogen) atoms. The lowest BCUT2D eigenvalue weighted by Gasteiger charge is -2.14. The van der Waals surface area contributed by atoms with Gasteiger partial charge in [0.1, 0.15) is 6.04 Å². The molecule has 0 aliphatic rings. The summed E-state index contributed by atoms with van der Waals surface area (Å²) >= 11 is 0. The predicted octanol–water partition coefficient (Wildman–Crippen LogP) is 0.722. The fourth-order valence-corrected chi connectivity index (χ4v) is 1.57. The second-order valence-electron chi connectivity index (χ2n) is 4.24. The summed E-state index contributed by atoms with van der Waals surface area (Å²) in [5.41, 5.74) is 1.89. The van der Waals surface area contributed by atoms with E-state index < -0.39 is 30.4 Å². The van der Waals surface area contributed by atoms with Crippen LogP contribution in [0.3, 0.4) is 0 Å². The molecule has 7 heteroatoms. The van der Waals surface area contributed by atoms with Gasteiger partial charge in [0, 0.05) is 6.54 Å². The second-order valence-corrected chi connectivity index (χ2v) is 4.24. The number of benzene rings is 1. The predicted molar refractivity (Wildman–Crippen MR) is 70.2 cm³/mol. The highest BCUT2D eigenvalue weighted by Crippen LogP contribution is 2.05. The molecule has 4 N–H and O–H groups in total. The summed E-state index contributed by atoms with van der Waals surface area (Å²) < 4.78 is 0. The van der Waals surface area contributed by atoms with Gasteiger partial charge in [-0.25, -0.2) is 9.59 Å². The molecule has 1 atom stereocenters. The summed E-state index contributed by atoms with van der Waals surface area (Å²) in [7, 11) is 0. The summed E-state index contributed by atoms with van der Waals surface area (Å²) in [6, 6.07) is 5.24. The van der Waals surface area contributed by atoms with Crippen LogP contribution in [0.2, 0.25) is 0 Å². The third-order valence-electron chi connectivity index (χ3n) is 2.68. The molecule has 7 nitrogen and oxygen atoms in total. The van der Waals surface area contributed by atoms with Crippen LogP contribution in [-0.2, 0) is 16.1 Å². The van der Waals surface area contributed by atoms with E-state index in [4.69, 9.17) is 10.2 Å². The molecule has 1 aromatic carbocycles. The molecule has 0 radical (unpaired) electrons. The van der Waals surface area contributed by atoms with Gasteiger partial charge < -0.3 is 20.8 Å². The van der Waals surface area contributed by atoms with Gasteiger partial charge in [0.25, 0.3) is 0 Å². The van der Waals surface area contributed by atoms with Gasteiger partial charge in [0.05, 0.1) is 6.42 Å². The van der Waals surface area contributed by atoms with E-state index >= 15 is 0 Å². The molecule has 1 aromatic rings. The van der Waals surface area contributed by atoms with Crippen LogP contribution in [0.5, 0.6) is 0 Å². The van der Waals surface area contributed by atoms with Crippen molar-refractivity contribution in [1.29, 1.82) is 0 Å². The summed E-state index contributed by atoms with van der Waals surface area (Å²) in [6.07, 6.45) is -0.673. The van der Waals surface area contributed by atoms with Crippen molar-refractivity contribution >= 4 is 18.0 Å². The third kappa shape index (κ3) is 4.97. The van der Waals surface area contributed by atoms with E-state index in [-0.39, 0.29) is 6.54 Å². The summed E-state index contributed by atoms with van der Waals surface area (Å²) in [5, 5.41) is 21.9. The molecular formula is C13H16N2O5. The summed E-state index contributed by atoms with van der Waals surface area (Å²) in [4.78, 5) is 32.8. The number of aryl methyl sites for hydroxylation is 1. The van der Waals surface area contributed by atoms with Gasteiger partial charge in [-0.1, -0.05) is 24.3 Å². The Morgan fingerprint density at radius 2 is 1.85 bits per heavy atom. The molecule has 0 unspecified atom stereocenters. The lowest BCUT2D eigenvalue weighted by molar-refractivity contribution is -0.145. The van der Waals surface area contributed by atoms with Gasteiger partial charge in [0.15, 0.2) is 0 Å². The number of rotatable bonds is 6. The van der Waals surface area contributed by atoms with E-state index in [9.17, 15) is 14.4 Å². The number of carboxylic acid groups (broad SMARTS) is 2. The lowest BCUT2D eigenvalue weighted by atomic mass is 10.1. The Morgan fingerprint density at radius 3 is 2.40 bits per heavy atom. The Balaban J connectivity index is 2.52. The number of carboxylic acids is 2. The van der Waals surface area contributed by atoms with Crippen molar-refractivity contribution in [1.82, 2.24) is 10.6 Å². The second kappa shape index (κ2) is 7.13. The zero-order chi connectivity index (χ0) is 15.1. The maximum absolute atomic E-state index is 11.5. The molecule has 0 aliphatic carbocycles. The molecule has 0 aliphatic heterocycles. The number of nitrogens with one attached hydrogen (secondary N) is 2.